The van der Waals surface area contributed by atoms with E-state index in [0.29, 0.717) is 10.8 Å². The maximum atomic E-state index is 11.3. The number of nitrogens with zero attached hydrogens (tertiary/aromatic N) is 1. The second-order valence-electron chi connectivity index (χ2n) is 2.99. The largest absolute Gasteiger partial charge is 0.480 e. The number of amides is 1. The van der Waals surface area contributed by atoms with Gasteiger partial charge in [0.2, 0.25) is 5.91 Å². The number of aliphatic hydroxyl groups excluding tert-OH is 1. The molecule has 0 aliphatic rings. The lowest BCUT2D eigenvalue weighted by Gasteiger charge is -2.10. The van der Waals surface area contributed by atoms with Crippen molar-refractivity contribution in [1.82, 2.24) is 10.3 Å². The van der Waals surface area contributed by atoms with Crippen molar-refractivity contribution in [2.75, 3.05) is 12.3 Å². The molecule has 88 valence electrons. The molecule has 16 heavy (non-hydrogen) atoms. The summed E-state index contributed by atoms with van der Waals surface area (Å²) in [4.78, 5) is 25.7. The minimum Gasteiger partial charge on any atom is -0.480 e. The number of thiazole rings is 1. The molecule has 0 saturated carbocycles. The molecular weight excluding hydrogens is 234 g/mol. The molecule has 1 atom stereocenters. The molecule has 0 aromatic carbocycles. The van der Waals surface area contributed by atoms with Gasteiger partial charge in [0.25, 0.3) is 0 Å². The molecule has 0 fully saturated rings. The molecule has 5 N–H and O–H groups in total. The number of aromatic nitrogens is 1. The van der Waals surface area contributed by atoms with Crippen molar-refractivity contribution >= 4 is 28.3 Å². The van der Waals surface area contributed by atoms with Crippen LogP contribution in [0.25, 0.3) is 0 Å². The number of aliphatic carboxylic acids is 1. The van der Waals surface area contributed by atoms with E-state index in [1.165, 1.54) is 11.3 Å². The molecule has 0 aliphatic heterocycles. The van der Waals surface area contributed by atoms with E-state index in [1.54, 1.807) is 5.38 Å². The summed E-state index contributed by atoms with van der Waals surface area (Å²) in [6.45, 7) is -0.653. The average molecular weight is 245 g/mol. The normalized spacial score (nSPS) is 12.1. The van der Waals surface area contributed by atoms with Crippen molar-refractivity contribution in [2.45, 2.75) is 12.5 Å². The number of carbonyl (C=O) groups excluding carboxylic acids is 1. The molecular formula is C8H11N3O4S. The Morgan fingerprint density at radius 2 is 2.31 bits per heavy atom. The highest BCUT2D eigenvalue weighted by Gasteiger charge is 2.19. The molecule has 1 rings (SSSR count). The third-order valence-corrected chi connectivity index (χ3v) is 2.45. The number of hydrogen-bond donors (Lipinski definition) is 4. The zero-order valence-corrected chi connectivity index (χ0v) is 9.03. The van der Waals surface area contributed by atoms with Gasteiger partial charge in [0.05, 0.1) is 18.7 Å². The van der Waals surface area contributed by atoms with Crippen molar-refractivity contribution in [1.29, 1.82) is 0 Å². The Balaban J connectivity index is 2.50. The monoisotopic (exact) mass is 245 g/mol. The van der Waals surface area contributed by atoms with E-state index in [-0.39, 0.29) is 6.42 Å². The van der Waals surface area contributed by atoms with Gasteiger partial charge in [0.1, 0.15) is 6.04 Å². The van der Waals surface area contributed by atoms with Gasteiger partial charge in [-0.2, -0.15) is 0 Å². The molecule has 1 amide bonds. The van der Waals surface area contributed by atoms with Gasteiger partial charge < -0.3 is 21.3 Å². The zero-order chi connectivity index (χ0) is 12.1. The fourth-order valence-corrected chi connectivity index (χ4v) is 1.56. The molecule has 8 heteroatoms. The number of carboxylic acids is 1. The molecule has 1 heterocycles. The molecule has 0 bridgehead atoms. The first-order valence-electron chi connectivity index (χ1n) is 4.36. The Labute approximate surface area is 94.9 Å². The van der Waals surface area contributed by atoms with E-state index in [9.17, 15) is 9.59 Å². The van der Waals surface area contributed by atoms with Crippen molar-refractivity contribution in [2.24, 2.45) is 0 Å². The molecule has 7 nitrogen and oxygen atoms in total. The maximum Gasteiger partial charge on any atom is 0.328 e. The molecule has 1 aromatic rings. The molecule has 0 spiro atoms. The fourth-order valence-electron chi connectivity index (χ4n) is 0.999. The van der Waals surface area contributed by atoms with Gasteiger partial charge in [-0.25, -0.2) is 9.78 Å². The van der Waals surface area contributed by atoms with Crippen LogP contribution in [-0.2, 0) is 16.0 Å². The summed E-state index contributed by atoms with van der Waals surface area (Å²) < 4.78 is 0. The van der Waals surface area contributed by atoms with E-state index in [2.05, 4.69) is 10.3 Å². The predicted molar refractivity (Wildman–Crippen MR) is 56.9 cm³/mol. The third kappa shape index (κ3) is 3.48. The van der Waals surface area contributed by atoms with Crippen molar-refractivity contribution in [3.63, 3.8) is 0 Å². The van der Waals surface area contributed by atoms with Crippen molar-refractivity contribution < 1.29 is 19.8 Å². The summed E-state index contributed by atoms with van der Waals surface area (Å²) in [7, 11) is 0. The van der Waals surface area contributed by atoms with Gasteiger partial charge in [0.15, 0.2) is 5.13 Å². The van der Waals surface area contributed by atoms with E-state index < -0.39 is 24.5 Å². The topological polar surface area (TPSA) is 126 Å². The van der Waals surface area contributed by atoms with Gasteiger partial charge in [-0.05, 0) is 0 Å². The van der Waals surface area contributed by atoms with E-state index in [0.717, 1.165) is 0 Å². The van der Waals surface area contributed by atoms with Crippen LogP contribution in [0.5, 0.6) is 0 Å². The van der Waals surface area contributed by atoms with E-state index in [4.69, 9.17) is 15.9 Å². The Kier molecular flexibility index (Phi) is 4.20. The van der Waals surface area contributed by atoms with Gasteiger partial charge in [0, 0.05) is 5.38 Å². The first-order valence-corrected chi connectivity index (χ1v) is 5.23. The van der Waals surface area contributed by atoms with Crippen LogP contribution in [0.15, 0.2) is 5.38 Å². The van der Waals surface area contributed by atoms with Crippen LogP contribution in [0.1, 0.15) is 5.69 Å². The number of nitrogens with one attached hydrogen (secondary N) is 1. The Bertz CT molecular complexity index is 392. The lowest BCUT2D eigenvalue weighted by molar-refractivity contribution is -0.142. The molecule has 1 aromatic heterocycles. The summed E-state index contributed by atoms with van der Waals surface area (Å²) in [6, 6.07) is -1.29. The SMILES string of the molecule is Nc1nc(CC(=O)N[C@H](CO)C(=O)O)cs1. The lowest BCUT2D eigenvalue weighted by Crippen LogP contribution is -2.43. The summed E-state index contributed by atoms with van der Waals surface area (Å²) >= 11 is 1.20. The van der Waals surface area contributed by atoms with Crippen LogP contribution < -0.4 is 11.1 Å². The van der Waals surface area contributed by atoms with E-state index in [1.807, 2.05) is 0 Å². The summed E-state index contributed by atoms with van der Waals surface area (Å²) in [5.74, 6) is -1.81. The highest BCUT2D eigenvalue weighted by atomic mass is 32.1. The third-order valence-electron chi connectivity index (χ3n) is 1.73. The van der Waals surface area contributed by atoms with Crippen molar-refractivity contribution in [3.8, 4) is 0 Å². The van der Waals surface area contributed by atoms with Gasteiger partial charge in [-0.1, -0.05) is 0 Å². The lowest BCUT2D eigenvalue weighted by atomic mass is 10.2. The number of nitrogens with two attached hydrogens (primary N) is 1. The number of carbonyl (C=O) groups is 2. The van der Waals surface area contributed by atoms with Crippen LogP contribution in [0, 0.1) is 0 Å². The van der Waals surface area contributed by atoms with Crippen LogP contribution >= 0.6 is 11.3 Å². The Morgan fingerprint density at radius 3 is 2.75 bits per heavy atom. The Morgan fingerprint density at radius 1 is 1.62 bits per heavy atom. The van der Waals surface area contributed by atoms with Crippen LogP contribution in [0.2, 0.25) is 0 Å². The minimum absolute atomic E-state index is 0.0581. The molecule has 0 saturated heterocycles. The number of rotatable bonds is 5. The zero-order valence-electron chi connectivity index (χ0n) is 8.21. The maximum absolute atomic E-state index is 11.3. The van der Waals surface area contributed by atoms with Gasteiger partial charge in [-0.3, -0.25) is 4.79 Å². The number of carboxylic acid groups (broad SMARTS) is 1. The Hall–Kier alpha value is -1.67. The van der Waals surface area contributed by atoms with Crippen LogP contribution in [0.4, 0.5) is 5.13 Å². The summed E-state index contributed by atoms with van der Waals surface area (Å²) in [5, 5.41) is 21.4. The van der Waals surface area contributed by atoms with Crippen LogP contribution in [-0.4, -0.2) is 39.7 Å². The second kappa shape index (κ2) is 5.42. The predicted octanol–water partition coefficient (Wildman–Crippen LogP) is -1.17. The smallest absolute Gasteiger partial charge is 0.328 e. The van der Waals surface area contributed by atoms with Crippen LogP contribution in [0.3, 0.4) is 0 Å². The number of nitrogen functional groups attached to an aromatic ring is 1. The first-order chi connectivity index (χ1) is 7.52. The average Bonchev–Trinajstić information content (AvgIpc) is 2.60. The molecule has 0 unspecified atom stereocenters. The van der Waals surface area contributed by atoms with E-state index >= 15 is 0 Å². The quantitative estimate of drug-likeness (QED) is 0.518. The van der Waals surface area contributed by atoms with Gasteiger partial charge in [-0.15, -0.1) is 11.3 Å². The number of hydrogen-bond acceptors (Lipinski definition) is 6. The number of aliphatic hydroxyl groups is 1. The fraction of sp³-hybridized carbons (Fsp3) is 0.375. The summed E-state index contributed by atoms with van der Waals surface area (Å²) in [5.41, 5.74) is 5.85. The molecule has 0 aliphatic carbocycles. The minimum atomic E-state index is -1.29. The summed E-state index contributed by atoms with van der Waals surface area (Å²) in [6.07, 6.45) is -0.0581. The number of anilines is 1. The van der Waals surface area contributed by atoms with Crippen molar-refractivity contribution in [3.05, 3.63) is 11.1 Å². The molecule has 0 radical (unpaired) electrons. The highest BCUT2D eigenvalue weighted by Crippen LogP contribution is 2.11. The van der Waals surface area contributed by atoms with Gasteiger partial charge >= 0.3 is 5.97 Å². The highest BCUT2D eigenvalue weighted by molar-refractivity contribution is 7.13. The standard InChI is InChI=1S/C8H11N3O4S/c9-8-10-4(3-16-8)1-6(13)11-5(2-12)7(14)15/h3,5,12H,1-2H2,(H2,9,10)(H,11,13)(H,14,15)/t5-/m1/s1. The first kappa shape index (κ1) is 12.4. The second-order valence-corrected chi connectivity index (χ2v) is 3.88.